The van der Waals surface area contributed by atoms with Crippen molar-refractivity contribution in [2.45, 2.75) is 32.0 Å². The van der Waals surface area contributed by atoms with Crippen molar-refractivity contribution >= 4 is 23.2 Å². The molecule has 9 nitrogen and oxygen atoms in total. The lowest BCUT2D eigenvalue weighted by molar-refractivity contribution is -0.146. The van der Waals surface area contributed by atoms with Gasteiger partial charge in [0.05, 0.1) is 29.3 Å². The molecule has 13 heteroatoms. The number of carbonyl (C=O) groups excluding carboxylic acids is 1. The Bertz CT molecular complexity index is 1430. The number of alkyl halides is 3. The van der Waals surface area contributed by atoms with E-state index in [1.54, 1.807) is 19.2 Å². The molecule has 4 aromatic heterocycles. The van der Waals surface area contributed by atoms with Crippen LogP contribution in [0.3, 0.4) is 0 Å². The maximum atomic E-state index is 14.8. The molecule has 182 valence electrons. The molecule has 35 heavy (non-hydrogen) atoms. The van der Waals surface area contributed by atoms with Gasteiger partial charge in [0.15, 0.2) is 11.5 Å². The molecule has 0 aromatic carbocycles. The van der Waals surface area contributed by atoms with E-state index >= 15 is 0 Å². The van der Waals surface area contributed by atoms with Gasteiger partial charge in [0.2, 0.25) is 5.95 Å². The van der Waals surface area contributed by atoms with E-state index in [0.29, 0.717) is 17.7 Å². The van der Waals surface area contributed by atoms with Crippen molar-refractivity contribution in [2.24, 2.45) is 7.05 Å². The van der Waals surface area contributed by atoms with Crippen molar-refractivity contribution in [1.29, 1.82) is 0 Å². The van der Waals surface area contributed by atoms with Crippen LogP contribution in [0.15, 0.2) is 36.7 Å². The first kappa shape index (κ1) is 22.7. The first-order valence-corrected chi connectivity index (χ1v) is 10.8. The molecule has 1 unspecified atom stereocenters. The fourth-order valence-electron chi connectivity index (χ4n) is 4.22. The van der Waals surface area contributed by atoms with E-state index in [0.717, 1.165) is 21.3 Å². The summed E-state index contributed by atoms with van der Waals surface area (Å²) in [7, 11) is 1.58. The first-order valence-electron chi connectivity index (χ1n) is 10.8. The van der Waals surface area contributed by atoms with Gasteiger partial charge in [-0.25, -0.2) is 8.91 Å². The molecule has 4 aromatic rings. The summed E-state index contributed by atoms with van der Waals surface area (Å²) in [6, 6.07) is 4.88. The minimum atomic E-state index is -4.43. The number of fused-ring (bicyclic) bond motifs is 1. The van der Waals surface area contributed by atoms with Crippen molar-refractivity contribution in [1.82, 2.24) is 29.4 Å². The Labute approximate surface area is 196 Å². The van der Waals surface area contributed by atoms with Crippen molar-refractivity contribution in [3.8, 4) is 11.3 Å². The van der Waals surface area contributed by atoms with Crippen molar-refractivity contribution in [3.05, 3.63) is 53.9 Å². The van der Waals surface area contributed by atoms with Crippen molar-refractivity contribution in [3.63, 3.8) is 0 Å². The Balaban J connectivity index is 1.45. The molecule has 1 N–H and O–H groups in total. The van der Waals surface area contributed by atoms with Gasteiger partial charge in [0.1, 0.15) is 11.7 Å². The second kappa shape index (κ2) is 8.32. The summed E-state index contributed by atoms with van der Waals surface area (Å²) in [6.07, 6.45) is -1.68. The summed E-state index contributed by atoms with van der Waals surface area (Å²) in [4.78, 5) is 22.7. The average Bonchev–Trinajstić information content (AvgIpc) is 3.51. The summed E-state index contributed by atoms with van der Waals surface area (Å²) in [6.45, 7) is 1.96. The van der Waals surface area contributed by atoms with E-state index < -0.39 is 23.9 Å². The van der Waals surface area contributed by atoms with Crippen LogP contribution in [0.2, 0.25) is 0 Å². The van der Waals surface area contributed by atoms with Crippen LogP contribution in [0.4, 0.5) is 29.2 Å². The van der Waals surface area contributed by atoms with Crippen LogP contribution in [0.5, 0.6) is 0 Å². The van der Waals surface area contributed by atoms with Gasteiger partial charge in [0, 0.05) is 25.4 Å². The topological polar surface area (TPSA) is 93.2 Å². The summed E-state index contributed by atoms with van der Waals surface area (Å²) in [5.74, 6) is -1.61. The Hall–Kier alpha value is -4.03. The van der Waals surface area contributed by atoms with Gasteiger partial charge in [0.25, 0.3) is 5.91 Å². The van der Waals surface area contributed by atoms with Crippen LogP contribution in [0.1, 0.15) is 29.0 Å². The van der Waals surface area contributed by atoms with E-state index in [2.05, 4.69) is 25.5 Å². The van der Waals surface area contributed by atoms with E-state index in [9.17, 15) is 22.4 Å². The second-order valence-electron chi connectivity index (χ2n) is 8.29. The Morgan fingerprint density at radius 1 is 1.23 bits per heavy atom. The average molecular weight is 488 g/mol. The number of nitrogens with one attached hydrogen (secondary N) is 1. The highest BCUT2D eigenvalue weighted by Gasteiger charge is 2.47. The minimum Gasteiger partial charge on any atom is -0.327 e. The molecule has 5 heterocycles. The zero-order valence-corrected chi connectivity index (χ0v) is 18.7. The normalized spacial score (nSPS) is 16.3. The molecule has 0 saturated carbocycles. The number of anilines is 2. The number of aromatic nitrogens is 6. The largest absolute Gasteiger partial charge is 0.408 e. The Morgan fingerprint density at radius 2 is 2.03 bits per heavy atom. The lowest BCUT2D eigenvalue weighted by Gasteiger charge is -2.24. The third-order valence-corrected chi connectivity index (χ3v) is 5.87. The van der Waals surface area contributed by atoms with Crippen LogP contribution < -0.4 is 10.2 Å². The first-order chi connectivity index (χ1) is 16.6. The molecule has 1 amide bonds. The second-order valence-corrected chi connectivity index (χ2v) is 8.29. The summed E-state index contributed by atoms with van der Waals surface area (Å²) in [5.41, 5.74) is 1.81. The molecule has 1 atom stereocenters. The highest BCUT2D eigenvalue weighted by atomic mass is 19.4. The quantitative estimate of drug-likeness (QED) is 0.440. The van der Waals surface area contributed by atoms with Gasteiger partial charge in [-0.15, -0.1) is 5.10 Å². The zero-order chi connectivity index (χ0) is 24.9. The number of nitrogens with zero attached hydrogens (tertiary/aromatic N) is 7. The third kappa shape index (κ3) is 4.17. The number of rotatable bonds is 4. The zero-order valence-electron chi connectivity index (χ0n) is 18.7. The van der Waals surface area contributed by atoms with Crippen molar-refractivity contribution in [2.75, 3.05) is 16.8 Å². The van der Waals surface area contributed by atoms with Crippen LogP contribution in [-0.4, -0.2) is 54.0 Å². The number of carbonyl (C=O) groups is 1. The third-order valence-electron chi connectivity index (χ3n) is 5.87. The standard InChI is InChI=1S/C22H20F4N8O/c1-12-5-3-6-15(28-12)13-10-27-32(2)19(13)20(35)29-16-9-18-30-21(31-34(18)11-14(16)23)33-8-4-7-17(33)22(24,25)26/h3,5-6,9-11,17H,4,7-8H2,1-2H3,(H,29,35). The van der Waals surface area contributed by atoms with Gasteiger partial charge in [-0.2, -0.15) is 23.3 Å². The van der Waals surface area contributed by atoms with Gasteiger partial charge >= 0.3 is 6.18 Å². The summed E-state index contributed by atoms with van der Waals surface area (Å²) >= 11 is 0. The number of amides is 1. The van der Waals surface area contributed by atoms with Gasteiger partial charge < -0.3 is 10.2 Å². The predicted octanol–water partition coefficient (Wildman–Crippen LogP) is 3.76. The molecule has 1 aliphatic rings. The monoisotopic (exact) mass is 488 g/mol. The maximum absolute atomic E-state index is 14.8. The van der Waals surface area contributed by atoms with E-state index in [4.69, 9.17) is 0 Å². The highest BCUT2D eigenvalue weighted by Crippen LogP contribution is 2.35. The molecule has 5 rings (SSSR count). The maximum Gasteiger partial charge on any atom is 0.408 e. The molecule has 1 saturated heterocycles. The fraction of sp³-hybridized carbons (Fsp3) is 0.318. The molecule has 1 aliphatic heterocycles. The molecular formula is C22H20F4N8O. The summed E-state index contributed by atoms with van der Waals surface area (Å²) in [5, 5.41) is 10.7. The molecule has 0 radical (unpaired) electrons. The van der Waals surface area contributed by atoms with Gasteiger partial charge in [-0.05, 0) is 31.9 Å². The van der Waals surface area contributed by atoms with Crippen molar-refractivity contribution < 1.29 is 22.4 Å². The number of halogens is 4. The van der Waals surface area contributed by atoms with E-state index in [1.807, 2.05) is 13.0 Å². The van der Waals surface area contributed by atoms with Crippen LogP contribution in [0, 0.1) is 12.7 Å². The fourth-order valence-corrected chi connectivity index (χ4v) is 4.22. The molecule has 1 fully saturated rings. The predicted molar refractivity (Wildman–Crippen MR) is 118 cm³/mol. The van der Waals surface area contributed by atoms with Gasteiger partial charge in [-0.1, -0.05) is 6.07 Å². The number of hydrogen-bond acceptors (Lipinski definition) is 6. The Morgan fingerprint density at radius 3 is 2.77 bits per heavy atom. The molecule has 0 bridgehead atoms. The van der Waals surface area contributed by atoms with E-state index in [1.165, 1.54) is 16.9 Å². The molecule has 0 aliphatic carbocycles. The van der Waals surface area contributed by atoms with Crippen LogP contribution >= 0.6 is 0 Å². The highest BCUT2D eigenvalue weighted by molar-refractivity contribution is 6.07. The van der Waals surface area contributed by atoms with Gasteiger partial charge in [-0.3, -0.25) is 14.5 Å². The number of aryl methyl sites for hydroxylation is 2. The van der Waals surface area contributed by atoms with Crippen LogP contribution in [0.25, 0.3) is 16.9 Å². The Kier molecular flexibility index (Phi) is 5.41. The molecular weight excluding hydrogens is 468 g/mol. The van der Waals surface area contributed by atoms with E-state index in [-0.39, 0.29) is 35.9 Å². The smallest absolute Gasteiger partial charge is 0.327 e. The summed E-state index contributed by atoms with van der Waals surface area (Å²) < 4.78 is 57.3. The van der Waals surface area contributed by atoms with Crippen LogP contribution in [-0.2, 0) is 7.05 Å². The lowest BCUT2D eigenvalue weighted by atomic mass is 10.1. The minimum absolute atomic E-state index is 0.0580. The molecule has 0 spiro atoms. The SMILES string of the molecule is Cc1cccc(-c2cnn(C)c2C(=O)Nc2cc3nc(N4CCCC4C(F)(F)F)nn3cc2F)n1. The number of pyridine rings is 2. The number of hydrogen-bond donors (Lipinski definition) is 1. The lowest BCUT2D eigenvalue weighted by Crippen LogP contribution is -2.41.